The van der Waals surface area contributed by atoms with Crippen molar-refractivity contribution in [3.8, 4) is 5.75 Å². The van der Waals surface area contributed by atoms with Crippen molar-refractivity contribution >= 4 is 27.6 Å². The molecule has 0 aliphatic heterocycles. The molecule has 0 saturated carbocycles. The second kappa shape index (κ2) is 9.51. The van der Waals surface area contributed by atoms with Gasteiger partial charge in [0, 0.05) is 11.6 Å². The van der Waals surface area contributed by atoms with Crippen LogP contribution in [0.1, 0.15) is 6.42 Å². The Morgan fingerprint density at radius 1 is 1.04 bits per heavy atom. The standard InChI is InChI=1S/C17H17ClFNO5S/c18-13-1-7-16(8-2-13)26(22,23)20-10-9-17(21)25-12-11-24-15-5-3-14(19)4-6-15/h1-8,20H,9-12H2. The smallest absolute Gasteiger partial charge is 0.307 e. The molecule has 0 amide bonds. The van der Waals surface area contributed by atoms with E-state index in [0.29, 0.717) is 10.8 Å². The third kappa shape index (κ3) is 6.62. The fourth-order valence-corrected chi connectivity index (χ4v) is 3.06. The van der Waals surface area contributed by atoms with Crippen molar-refractivity contribution in [1.29, 1.82) is 0 Å². The number of carbonyl (C=O) groups is 1. The van der Waals surface area contributed by atoms with Crippen molar-refractivity contribution in [3.05, 3.63) is 59.4 Å². The summed E-state index contributed by atoms with van der Waals surface area (Å²) in [5.41, 5.74) is 0. The summed E-state index contributed by atoms with van der Waals surface area (Å²) < 4.78 is 49.3. The van der Waals surface area contributed by atoms with Crippen LogP contribution in [-0.4, -0.2) is 34.1 Å². The van der Waals surface area contributed by atoms with E-state index in [2.05, 4.69) is 4.72 Å². The van der Waals surface area contributed by atoms with Crippen LogP contribution in [0.2, 0.25) is 5.02 Å². The lowest BCUT2D eigenvalue weighted by Gasteiger charge is -2.08. The van der Waals surface area contributed by atoms with Crippen molar-refractivity contribution in [2.75, 3.05) is 19.8 Å². The molecular weight excluding hydrogens is 385 g/mol. The zero-order valence-electron chi connectivity index (χ0n) is 13.7. The normalized spacial score (nSPS) is 11.2. The zero-order valence-corrected chi connectivity index (χ0v) is 15.2. The molecule has 140 valence electrons. The van der Waals surface area contributed by atoms with Gasteiger partial charge in [-0.15, -0.1) is 0 Å². The van der Waals surface area contributed by atoms with Crippen LogP contribution in [0, 0.1) is 5.82 Å². The average Bonchev–Trinajstić information content (AvgIpc) is 2.60. The Balaban J connectivity index is 1.65. The van der Waals surface area contributed by atoms with E-state index in [1.165, 1.54) is 48.5 Å². The molecule has 0 radical (unpaired) electrons. The lowest BCUT2D eigenvalue weighted by atomic mass is 10.3. The molecule has 0 heterocycles. The molecule has 1 N–H and O–H groups in total. The van der Waals surface area contributed by atoms with Crippen molar-refractivity contribution in [3.63, 3.8) is 0 Å². The van der Waals surface area contributed by atoms with Crippen molar-refractivity contribution in [2.45, 2.75) is 11.3 Å². The highest BCUT2D eigenvalue weighted by molar-refractivity contribution is 7.89. The van der Waals surface area contributed by atoms with Gasteiger partial charge in [0.25, 0.3) is 0 Å². The minimum absolute atomic E-state index is 0.000143. The van der Waals surface area contributed by atoms with Crippen LogP contribution in [-0.2, 0) is 19.6 Å². The summed E-state index contributed by atoms with van der Waals surface area (Å²) in [6, 6.07) is 11.1. The van der Waals surface area contributed by atoms with E-state index in [-0.39, 0.29) is 36.9 Å². The number of halogens is 2. The Bertz CT molecular complexity index is 825. The summed E-state index contributed by atoms with van der Waals surface area (Å²) in [6.07, 6.45) is -0.122. The van der Waals surface area contributed by atoms with E-state index >= 15 is 0 Å². The van der Waals surface area contributed by atoms with Crippen LogP contribution < -0.4 is 9.46 Å². The number of esters is 1. The van der Waals surface area contributed by atoms with Crippen molar-refractivity contribution in [1.82, 2.24) is 4.72 Å². The number of sulfonamides is 1. The van der Waals surface area contributed by atoms with Gasteiger partial charge >= 0.3 is 5.97 Å². The molecular formula is C17H17ClFNO5S. The van der Waals surface area contributed by atoms with Gasteiger partial charge in [0.2, 0.25) is 10.0 Å². The second-order valence-electron chi connectivity index (χ2n) is 5.12. The maximum atomic E-state index is 12.7. The second-order valence-corrected chi connectivity index (χ2v) is 7.33. The molecule has 0 aromatic heterocycles. The Morgan fingerprint density at radius 3 is 2.35 bits per heavy atom. The number of benzene rings is 2. The summed E-state index contributed by atoms with van der Waals surface area (Å²) in [7, 11) is -3.71. The average molecular weight is 402 g/mol. The number of rotatable bonds is 9. The lowest BCUT2D eigenvalue weighted by molar-refractivity contribution is -0.144. The molecule has 0 fully saturated rings. The maximum Gasteiger partial charge on any atom is 0.307 e. The van der Waals surface area contributed by atoms with Crippen LogP contribution in [0.3, 0.4) is 0 Å². The fourth-order valence-electron chi connectivity index (χ4n) is 1.90. The van der Waals surface area contributed by atoms with E-state index in [4.69, 9.17) is 21.1 Å². The van der Waals surface area contributed by atoms with E-state index in [1.807, 2.05) is 0 Å². The van der Waals surface area contributed by atoms with Gasteiger partial charge in [-0.05, 0) is 48.5 Å². The van der Waals surface area contributed by atoms with Crippen LogP contribution in [0.4, 0.5) is 4.39 Å². The molecule has 0 saturated heterocycles. The van der Waals surface area contributed by atoms with E-state index in [0.717, 1.165) is 0 Å². The number of hydrogen-bond donors (Lipinski definition) is 1. The van der Waals surface area contributed by atoms with Gasteiger partial charge in [-0.25, -0.2) is 17.5 Å². The monoisotopic (exact) mass is 401 g/mol. The quantitative estimate of drug-likeness (QED) is 0.516. The Morgan fingerprint density at radius 2 is 1.69 bits per heavy atom. The van der Waals surface area contributed by atoms with Crippen LogP contribution in [0.5, 0.6) is 5.75 Å². The number of carbonyl (C=O) groups excluding carboxylic acids is 1. The summed E-state index contributed by atoms with van der Waals surface area (Å²) in [6.45, 7) is 0.0105. The van der Waals surface area contributed by atoms with Gasteiger partial charge in [-0.2, -0.15) is 0 Å². The molecule has 0 unspecified atom stereocenters. The maximum absolute atomic E-state index is 12.7. The predicted octanol–water partition coefficient (Wildman–Crippen LogP) is 2.77. The molecule has 9 heteroatoms. The third-order valence-electron chi connectivity index (χ3n) is 3.17. The highest BCUT2D eigenvalue weighted by atomic mass is 35.5. The molecule has 0 atom stereocenters. The summed E-state index contributed by atoms with van der Waals surface area (Å²) >= 11 is 5.71. The summed E-state index contributed by atoms with van der Waals surface area (Å²) in [5.74, 6) is -0.477. The lowest BCUT2D eigenvalue weighted by Crippen LogP contribution is -2.27. The Kier molecular flexibility index (Phi) is 7.38. The van der Waals surface area contributed by atoms with Crippen LogP contribution in [0.25, 0.3) is 0 Å². The van der Waals surface area contributed by atoms with Gasteiger partial charge in [0.05, 0.1) is 11.3 Å². The summed E-state index contributed by atoms with van der Waals surface area (Å²) in [5, 5.41) is 0.426. The summed E-state index contributed by atoms with van der Waals surface area (Å²) in [4.78, 5) is 11.6. The fraction of sp³-hybridized carbons (Fsp3) is 0.235. The highest BCUT2D eigenvalue weighted by Gasteiger charge is 2.14. The molecule has 0 aliphatic rings. The van der Waals surface area contributed by atoms with Gasteiger partial charge in [0.1, 0.15) is 24.8 Å². The number of hydrogen-bond acceptors (Lipinski definition) is 5. The molecule has 2 aromatic rings. The van der Waals surface area contributed by atoms with Gasteiger partial charge in [-0.1, -0.05) is 11.6 Å². The third-order valence-corrected chi connectivity index (χ3v) is 4.90. The van der Waals surface area contributed by atoms with Gasteiger partial charge in [0.15, 0.2) is 0 Å². The van der Waals surface area contributed by atoms with Crippen molar-refractivity contribution in [2.24, 2.45) is 0 Å². The Labute approximate surface area is 155 Å². The van der Waals surface area contributed by atoms with Gasteiger partial charge < -0.3 is 9.47 Å². The SMILES string of the molecule is O=C(CCNS(=O)(=O)c1ccc(Cl)cc1)OCCOc1ccc(F)cc1. The molecule has 0 spiro atoms. The first kappa shape index (κ1) is 20.2. The minimum atomic E-state index is -3.71. The molecule has 2 rings (SSSR count). The molecule has 0 bridgehead atoms. The molecule has 6 nitrogen and oxygen atoms in total. The minimum Gasteiger partial charge on any atom is -0.490 e. The largest absolute Gasteiger partial charge is 0.490 e. The van der Waals surface area contributed by atoms with Crippen molar-refractivity contribution < 1.29 is 27.1 Å². The first-order valence-corrected chi connectivity index (χ1v) is 9.52. The van der Waals surface area contributed by atoms with Gasteiger partial charge in [-0.3, -0.25) is 4.79 Å². The highest BCUT2D eigenvalue weighted by Crippen LogP contribution is 2.14. The van der Waals surface area contributed by atoms with E-state index in [1.54, 1.807) is 0 Å². The van der Waals surface area contributed by atoms with Crippen LogP contribution >= 0.6 is 11.6 Å². The number of ether oxygens (including phenoxy) is 2. The molecule has 0 aliphatic carbocycles. The first-order chi connectivity index (χ1) is 12.4. The van der Waals surface area contributed by atoms with E-state index < -0.39 is 16.0 Å². The predicted molar refractivity (Wildman–Crippen MR) is 94.1 cm³/mol. The molecule has 26 heavy (non-hydrogen) atoms. The number of nitrogens with one attached hydrogen (secondary N) is 1. The topological polar surface area (TPSA) is 81.7 Å². The van der Waals surface area contributed by atoms with E-state index in [9.17, 15) is 17.6 Å². The first-order valence-electron chi connectivity index (χ1n) is 7.66. The van der Waals surface area contributed by atoms with Crippen LogP contribution in [0.15, 0.2) is 53.4 Å². The Hall–Kier alpha value is -2.16. The molecule has 2 aromatic carbocycles. The zero-order chi connectivity index (χ0) is 19.0.